The molecule has 3 aromatic heterocycles. The maximum atomic E-state index is 13.0. The number of benzene rings is 1. The van der Waals surface area contributed by atoms with Gasteiger partial charge in [0.1, 0.15) is 5.01 Å². The van der Waals surface area contributed by atoms with Crippen molar-refractivity contribution in [3.63, 3.8) is 0 Å². The number of hydrogen-bond acceptors (Lipinski definition) is 8. The van der Waals surface area contributed by atoms with Crippen LogP contribution in [-0.4, -0.2) is 41.3 Å². The number of hydrogen-bond donors (Lipinski definition) is 1. The lowest BCUT2D eigenvalue weighted by atomic mass is 9.82. The first-order valence-corrected chi connectivity index (χ1v) is 12.7. The summed E-state index contributed by atoms with van der Waals surface area (Å²) < 4.78 is 47.9. The van der Waals surface area contributed by atoms with Gasteiger partial charge >= 0.3 is 12.1 Å². The predicted molar refractivity (Wildman–Crippen MR) is 131 cm³/mol. The van der Waals surface area contributed by atoms with Crippen LogP contribution in [0.4, 0.5) is 13.2 Å². The molecule has 1 unspecified atom stereocenters. The summed E-state index contributed by atoms with van der Waals surface area (Å²) in [7, 11) is 1.63. The van der Waals surface area contributed by atoms with Crippen LogP contribution < -0.4 is 5.32 Å². The van der Waals surface area contributed by atoms with Crippen LogP contribution in [0.5, 0.6) is 0 Å². The summed E-state index contributed by atoms with van der Waals surface area (Å²) in [6.07, 6.45) is -3.36. The van der Waals surface area contributed by atoms with E-state index in [1.54, 1.807) is 18.4 Å². The number of halogens is 3. The number of methoxy groups -OCH3 is 1. The van der Waals surface area contributed by atoms with Crippen molar-refractivity contribution in [2.75, 3.05) is 20.3 Å². The van der Waals surface area contributed by atoms with E-state index in [0.717, 1.165) is 34.0 Å². The summed E-state index contributed by atoms with van der Waals surface area (Å²) in [5.41, 5.74) is 1.44. The van der Waals surface area contributed by atoms with E-state index in [2.05, 4.69) is 20.0 Å². The molecule has 1 aromatic carbocycles. The van der Waals surface area contributed by atoms with E-state index in [1.807, 2.05) is 42.6 Å². The second kappa shape index (κ2) is 10.9. The third kappa shape index (κ3) is 5.66. The lowest BCUT2D eigenvalue weighted by molar-refractivity contribution is -0.159. The number of aromatic nitrogens is 3. The minimum atomic E-state index is -4.73. The molecule has 0 saturated carbocycles. The molecule has 0 aliphatic carbocycles. The zero-order valence-corrected chi connectivity index (χ0v) is 21.1. The van der Waals surface area contributed by atoms with Crippen LogP contribution in [-0.2, 0) is 16.3 Å². The molecule has 4 aromatic rings. The van der Waals surface area contributed by atoms with Crippen molar-refractivity contribution in [3.05, 3.63) is 63.6 Å². The van der Waals surface area contributed by atoms with Gasteiger partial charge in [0, 0.05) is 36.6 Å². The van der Waals surface area contributed by atoms with Gasteiger partial charge in [-0.3, -0.25) is 4.79 Å². The Morgan fingerprint density at radius 1 is 1.14 bits per heavy atom. The van der Waals surface area contributed by atoms with E-state index < -0.39 is 17.5 Å². The van der Waals surface area contributed by atoms with Gasteiger partial charge in [0.25, 0.3) is 5.91 Å². The molecule has 0 aliphatic rings. The zero-order valence-electron chi connectivity index (χ0n) is 19.5. The van der Waals surface area contributed by atoms with Crippen molar-refractivity contribution < 1.29 is 27.2 Å². The fourth-order valence-corrected chi connectivity index (χ4v) is 5.62. The second-order valence-corrected chi connectivity index (χ2v) is 9.99. The number of amides is 1. The quantitative estimate of drug-likeness (QED) is 0.265. The highest BCUT2D eigenvalue weighted by molar-refractivity contribution is 7.17. The lowest BCUT2D eigenvalue weighted by Crippen LogP contribution is -2.41. The Balaban J connectivity index is 1.51. The Labute approximate surface area is 213 Å². The number of rotatable bonds is 10. The van der Waals surface area contributed by atoms with E-state index in [9.17, 15) is 18.0 Å². The Hall–Kier alpha value is -3.09. The normalized spacial score (nSPS) is 13.5. The van der Waals surface area contributed by atoms with E-state index >= 15 is 0 Å². The second-order valence-electron chi connectivity index (χ2n) is 8.05. The maximum absolute atomic E-state index is 13.0. The van der Waals surface area contributed by atoms with E-state index in [1.165, 1.54) is 12.1 Å². The SMILES string of the molecule is CCC(CCOC)(CNC(=O)c1ccc(-c2noc(C(F)(F)F)n2)s1)c1nc(-c2ccccc2)cs1. The first kappa shape index (κ1) is 26.0. The summed E-state index contributed by atoms with van der Waals surface area (Å²) in [5, 5.41) is 9.27. The molecule has 1 N–H and O–H groups in total. The van der Waals surface area contributed by atoms with Gasteiger partial charge in [0.15, 0.2) is 0 Å². The number of nitrogens with one attached hydrogen (secondary N) is 1. The average Bonchev–Trinajstić information content (AvgIpc) is 3.65. The summed E-state index contributed by atoms with van der Waals surface area (Å²) in [6.45, 7) is 2.86. The van der Waals surface area contributed by atoms with Gasteiger partial charge in [-0.2, -0.15) is 18.2 Å². The molecule has 12 heteroatoms. The standard InChI is InChI=1S/C24H23F3N4O3S2/c1-3-23(11-12-33-2,22-29-16(13-35-22)15-7-5-4-6-8-15)14-28-20(32)18-10-9-17(36-18)19-30-21(34-31-19)24(25,26)27/h4-10,13H,3,11-12,14H2,1-2H3,(H,28,32). The average molecular weight is 537 g/mol. The summed E-state index contributed by atoms with van der Waals surface area (Å²) in [4.78, 5) is 21.8. The number of thiazole rings is 1. The minimum absolute atomic E-state index is 0.217. The fraction of sp³-hybridized carbons (Fsp3) is 0.333. The minimum Gasteiger partial charge on any atom is -0.385 e. The van der Waals surface area contributed by atoms with Gasteiger partial charge in [-0.05, 0) is 25.0 Å². The summed E-state index contributed by atoms with van der Waals surface area (Å²) in [5.74, 6) is -1.99. The Morgan fingerprint density at radius 3 is 2.58 bits per heavy atom. The highest BCUT2D eigenvalue weighted by Gasteiger charge is 2.39. The van der Waals surface area contributed by atoms with Crippen LogP contribution in [0.15, 0.2) is 52.4 Å². The topological polar surface area (TPSA) is 90.1 Å². The molecule has 0 fully saturated rings. The van der Waals surface area contributed by atoms with E-state index in [4.69, 9.17) is 9.72 Å². The van der Waals surface area contributed by atoms with Crippen molar-refractivity contribution in [1.82, 2.24) is 20.4 Å². The van der Waals surface area contributed by atoms with Crippen LogP contribution >= 0.6 is 22.7 Å². The fourth-order valence-electron chi connectivity index (χ4n) is 3.64. The highest BCUT2D eigenvalue weighted by Crippen LogP contribution is 2.36. The number of carbonyl (C=O) groups is 1. The first-order valence-electron chi connectivity index (χ1n) is 11.1. The molecule has 0 aliphatic heterocycles. The molecule has 7 nitrogen and oxygen atoms in total. The molecule has 0 radical (unpaired) electrons. The first-order chi connectivity index (χ1) is 17.3. The Morgan fingerprint density at radius 2 is 1.92 bits per heavy atom. The smallest absolute Gasteiger partial charge is 0.385 e. The van der Waals surface area contributed by atoms with Gasteiger partial charge in [-0.1, -0.05) is 42.4 Å². The van der Waals surface area contributed by atoms with Crippen molar-refractivity contribution in [3.8, 4) is 22.0 Å². The van der Waals surface area contributed by atoms with Crippen molar-refractivity contribution in [2.45, 2.75) is 31.4 Å². The molecule has 0 spiro atoms. The van der Waals surface area contributed by atoms with Crippen LogP contribution in [0.2, 0.25) is 0 Å². The molecule has 1 amide bonds. The Bertz CT molecular complexity index is 1300. The predicted octanol–water partition coefficient (Wildman–Crippen LogP) is 6.05. The van der Waals surface area contributed by atoms with Crippen molar-refractivity contribution >= 4 is 28.6 Å². The summed E-state index contributed by atoms with van der Waals surface area (Å²) >= 11 is 2.53. The molecule has 190 valence electrons. The van der Waals surface area contributed by atoms with Gasteiger partial charge < -0.3 is 14.6 Å². The molecular weight excluding hydrogens is 513 g/mol. The van der Waals surface area contributed by atoms with E-state index in [-0.39, 0.29) is 11.7 Å². The maximum Gasteiger partial charge on any atom is 0.471 e. The third-order valence-electron chi connectivity index (χ3n) is 5.79. The molecule has 4 rings (SSSR count). The van der Waals surface area contributed by atoms with Gasteiger partial charge in [-0.15, -0.1) is 22.7 Å². The van der Waals surface area contributed by atoms with Crippen LogP contribution in [0, 0.1) is 0 Å². The highest BCUT2D eigenvalue weighted by atomic mass is 32.1. The zero-order chi connectivity index (χ0) is 25.8. The molecule has 3 heterocycles. The number of thiophene rings is 1. The van der Waals surface area contributed by atoms with Crippen LogP contribution in [0.1, 0.15) is 40.3 Å². The van der Waals surface area contributed by atoms with Crippen molar-refractivity contribution in [2.24, 2.45) is 0 Å². The number of alkyl halides is 3. The molecule has 0 saturated heterocycles. The summed E-state index contributed by atoms with van der Waals surface area (Å²) in [6, 6.07) is 12.9. The third-order valence-corrected chi connectivity index (χ3v) is 7.96. The number of ether oxygens (including phenoxy) is 1. The number of carbonyl (C=O) groups excluding carboxylic acids is 1. The largest absolute Gasteiger partial charge is 0.471 e. The molecular formula is C24H23F3N4O3S2. The van der Waals surface area contributed by atoms with Crippen molar-refractivity contribution in [1.29, 1.82) is 0 Å². The van der Waals surface area contributed by atoms with Crippen LogP contribution in [0.25, 0.3) is 22.0 Å². The van der Waals surface area contributed by atoms with Gasteiger partial charge in [0.05, 0.1) is 15.4 Å². The number of nitrogens with zero attached hydrogens (tertiary/aromatic N) is 3. The molecule has 0 bridgehead atoms. The molecule has 1 atom stereocenters. The van der Waals surface area contributed by atoms with Gasteiger partial charge in [0.2, 0.25) is 5.82 Å². The van der Waals surface area contributed by atoms with Crippen LogP contribution in [0.3, 0.4) is 0 Å². The lowest BCUT2D eigenvalue weighted by Gasteiger charge is -2.31. The molecule has 36 heavy (non-hydrogen) atoms. The van der Waals surface area contributed by atoms with Gasteiger partial charge in [-0.25, -0.2) is 4.98 Å². The monoisotopic (exact) mass is 536 g/mol. The Kier molecular flexibility index (Phi) is 7.86. The van der Waals surface area contributed by atoms with E-state index in [0.29, 0.717) is 29.3 Å².